The summed E-state index contributed by atoms with van der Waals surface area (Å²) in [5, 5.41) is 0. The van der Waals surface area contributed by atoms with Crippen LogP contribution in [0.5, 0.6) is 0 Å². The first-order valence-electron chi connectivity index (χ1n) is 6.46. The molecule has 0 fully saturated rings. The third-order valence-corrected chi connectivity index (χ3v) is 2.94. The monoisotopic (exact) mass is 254 g/mol. The number of hydrogen-bond donors (Lipinski definition) is 1. The Bertz CT molecular complexity index is 472. The topological polar surface area (TPSA) is 64.1 Å². The molecular weight excluding hydrogens is 232 g/mol. The number of nitrogens with zero attached hydrogens (tertiary/aromatic N) is 1. The molecule has 1 N–H and O–H groups in total. The highest BCUT2D eigenvalue weighted by molar-refractivity contribution is 4.85. The normalized spacial score (nSPS) is 13.2. The van der Waals surface area contributed by atoms with E-state index in [1.165, 1.54) is 16.8 Å². The Balaban J connectivity index is 3.05. The SMILES string of the molecule is CCC(CC)OC(C(C)C)n1ccc(=O)[nH]c1=O. The van der Waals surface area contributed by atoms with Gasteiger partial charge in [0.05, 0.1) is 6.10 Å². The fourth-order valence-electron chi connectivity index (χ4n) is 1.85. The average Bonchev–Trinajstić information content (AvgIpc) is 2.32. The molecule has 0 saturated heterocycles. The van der Waals surface area contributed by atoms with Crippen molar-refractivity contribution < 1.29 is 4.74 Å². The molecule has 0 saturated carbocycles. The molecule has 102 valence electrons. The lowest BCUT2D eigenvalue weighted by atomic mass is 10.1. The molecule has 5 nitrogen and oxygen atoms in total. The Hall–Kier alpha value is -1.36. The fraction of sp³-hybridized carbons (Fsp3) is 0.692. The lowest BCUT2D eigenvalue weighted by molar-refractivity contribution is -0.0839. The molecule has 18 heavy (non-hydrogen) atoms. The van der Waals surface area contributed by atoms with Crippen LogP contribution in [0.1, 0.15) is 46.8 Å². The Morgan fingerprint density at radius 2 is 1.89 bits per heavy atom. The number of rotatable bonds is 6. The number of H-pyrrole nitrogens is 1. The quantitative estimate of drug-likeness (QED) is 0.843. The first kappa shape index (κ1) is 14.7. The van der Waals surface area contributed by atoms with Gasteiger partial charge in [-0.05, 0) is 18.8 Å². The van der Waals surface area contributed by atoms with E-state index in [1.54, 1.807) is 0 Å². The van der Waals surface area contributed by atoms with Crippen LogP contribution in [0, 0.1) is 5.92 Å². The molecule has 0 aliphatic heterocycles. The zero-order valence-electron chi connectivity index (χ0n) is 11.5. The molecule has 0 aromatic carbocycles. The summed E-state index contributed by atoms with van der Waals surface area (Å²) >= 11 is 0. The maximum Gasteiger partial charge on any atom is 0.330 e. The van der Waals surface area contributed by atoms with Crippen molar-refractivity contribution >= 4 is 0 Å². The van der Waals surface area contributed by atoms with Gasteiger partial charge in [-0.2, -0.15) is 0 Å². The molecule has 1 rings (SSSR count). The summed E-state index contributed by atoms with van der Waals surface area (Å²) in [5.41, 5.74) is -0.812. The van der Waals surface area contributed by atoms with E-state index in [1.807, 2.05) is 13.8 Å². The van der Waals surface area contributed by atoms with Crippen LogP contribution in [0.15, 0.2) is 21.9 Å². The third-order valence-electron chi connectivity index (χ3n) is 2.94. The molecule has 1 aromatic heterocycles. The number of aromatic amines is 1. The van der Waals surface area contributed by atoms with Crippen LogP contribution in [-0.4, -0.2) is 15.7 Å². The van der Waals surface area contributed by atoms with Gasteiger partial charge in [0, 0.05) is 12.3 Å². The lowest BCUT2D eigenvalue weighted by Crippen LogP contribution is -2.36. The summed E-state index contributed by atoms with van der Waals surface area (Å²) in [6, 6.07) is 1.34. The van der Waals surface area contributed by atoms with Gasteiger partial charge in [-0.1, -0.05) is 27.7 Å². The summed E-state index contributed by atoms with van der Waals surface area (Å²) in [6.45, 7) is 8.09. The largest absolute Gasteiger partial charge is 0.354 e. The minimum absolute atomic E-state index is 0.122. The maximum atomic E-state index is 11.8. The van der Waals surface area contributed by atoms with E-state index in [0.29, 0.717) is 0 Å². The first-order chi connectivity index (χ1) is 8.49. The summed E-state index contributed by atoms with van der Waals surface area (Å²) in [7, 11) is 0. The predicted octanol–water partition coefficient (Wildman–Crippen LogP) is 1.90. The van der Waals surface area contributed by atoms with Crippen LogP contribution in [-0.2, 0) is 4.74 Å². The van der Waals surface area contributed by atoms with Crippen LogP contribution in [0.3, 0.4) is 0 Å². The Morgan fingerprint density at radius 3 is 2.33 bits per heavy atom. The average molecular weight is 254 g/mol. The fourth-order valence-corrected chi connectivity index (χ4v) is 1.85. The van der Waals surface area contributed by atoms with E-state index >= 15 is 0 Å². The molecule has 1 heterocycles. The van der Waals surface area contributed by atoms with Crippen LogP contribution < -0.4 is 11.2 Å². The van der Waals surface area contributed by atoms with Gasteiger partial charge in [0.25, 0.3) is 5.56 Å². The van der Waals surface area contributed by atoms with Crippen LogP contribution in [0.2, 0.25) is 0 Å². The van der Waals surface area contributed by atoms with Gasteiger partial charge in [-0.15, -0.1) is 0 Å². The maximum absolute atomic E-state index is 11.8. The van der Waals surface area contributed by atoms with E-state index < -0.39 is 5.69 Å². The minimum atomic E-state index is -0.424. The molecule has 1 aromatic rings. The molecular formula is C13H22N2O3. The van der Waals surface area contributed by atoms with Crippen molar-refractivity contribution in [2.24, 2.45) is 5.92 Å². The van der Waals surface area contributed by atoms with Gasteiger partial charge in [-0.3, -0.25) is 14.3 Å². The summed E-state index contributed by atoms with van der Waals surface area (Å²) < 4.78 is 7.41. The predicted molar refractivity (Wildman–Crippen MR) is 70.7 cm³/mol. The number of hydrogen-bond acceptors (Lipinski definition) is 3. The van der Waals surface area contributed by atoms with Crippen LogP contribution in [0.4, 0.5) is 0 Å². The van der Waals surface area contributed by atoms with Gasteiger partial charge < -0.3 is 4.74 Å². The number of aromatic nitrogens is 2. The zero-order valence-corrected chi connectivity index (χ0v) is 11.5. The van der Waals surface area contributed by atoms with Crippen molar-refractivity contribution in [3.63, 3.8) is 0 Å². The molecule has 0 amide bonds. The van der Waals surface area contributed by atoms with Crippen molar-refractivity contribution in [3.05, 3.63) is 33.1 Å². The van der Waals surface area contributed by atoms with Gasteiger partial charge in [-0.25, -0.2) is 4.79 Å². The second-order valence-corrected chi connectivity index (χ2v) is 4.73. The first-order valence-corrected chi connectivity index (χ1v) is 6.46. The van der Waals surface area contributed by atoms with Gasteiger partial charge in [0.1, 0.15) is 6.23 Å². The summed E-state index contributed by atoms with van der Waals surface area (Å²) in [4.78, 5) is 25.1. The standard InChI is InChI=1S/C13H22N2O3/c1-5-10(6-2)18-12(9(3)4)15-8-7-11(16)14-13(15)17/h7-10,12H,5-6H2,1-4H3,(H,14,16,17). The Labute approximate surface area is 107 Å². The summed E-state index contributed by atoms with van der Waals surface area (Å²) in [5.74, 6) is 0.147. The highest BCUT2D eigenvalue weighted by Crippen LogP contribution is 2.21. The van der Waals surface area contributed by atoms with Crippen LogP contribution in [0.25, 0.3) is 0 Å². The number of ether oxygens (including phenoxy) is 1. The van der Waals surface area contributed by atoms with Gasteiger partial charge in [0.15, 0.2) is 0 Å². The smallest absolute Gasteiger partial charge is 0.330 e. The van der Waals surface area contributed by atoms with Gasteiger partial charge >= 0.3 is 5.69 Å². The number of nitrogens with one attached hydrogen (secondary N) is 1. The second kappa shape index (κ2) is 6.54. The molecule has 0 radical (unpaired) electrons. The van der Waals surface area contributed by atoms with Crippen molar-refractivity contribution in [2.75, 3.05) is 0 Å². The highest BCUT2D eigenvalue weighted by Gasteiger charge is 2.20. The molecule has 1 unspecified atom stereocenters. The third kappa shape index (κ3) is 3.57. The van der Waals surface area contributed by atoms with Gasteiger partial charge in [0.2, 0.25) is 0 Å². The zero-order chi connectivity index (χ0) is 13.7. The highest BCUT2D eigenvalue weighted by atomic mass is 16.5. The van der Waals surface area contributed by atoms with E-state index in [4.69, 9.17) is 4.74 Å². The molecule has 0 spiro atoms. The van der Waals surface area contributed by atoms with E-state index in [2.05, 4.69) is 18.8 Å². The molecule has 0 bridgehead atoms. The molecule has 1 atom stereocenters. The van der Waals surface area contributed by atoms with Crippen molar-refractivity contribution in [1.82, 2.24) is 9.55 Å². The molecule has 5 heteroatoms. The van der Waals surface area contributed by atoms with Crippen molar-refractivity contribution in [3.8, 4) is 0 Å². The van der Waals surface area contributed by atoms with E-state index in [0.717, 1.165) is 12.8 Å². The minimum Gasteiger partial charge on any atom is -0.354 e. The Morgan fingerprint density at radius 1 is 1.28 bits per heavy atom. The second-order valence-electron chi connectivity index (χ2n) is 4.73. The van der Waals surface area contributed by atoms with E-state index in [-0.39, 0.29) is 23.8 Å². The van der Waals surface area contributed by atoms with Crippen molar-refractivity contribution in [1.29, 1.82) is 0 Å². The Kier molecular flexibility index (Phi) is 5.34. The lowest BCUT2D eigenvalue weighted by Gasteiger charge is -2.27. The van der Waals surface area contributed by atoms with Crippen molar-refractivity contribution in [2.45, 2.75) is 52.9 Å². The summed E-state index contributed by atoms with van der Waals surface area (Å²) in [6.07, 6.45) is 3.07. The molecule has 0 aliphatic carbocycles. The van der Waals surface area contributed by atoms with E-state index in [9.17, 15) is 9.59 Å². The molecule has 0 aliphatic rings. The van der Waals surface area contributed by atoms with Crippen LogP contribution >= 0.6 is 0 Å².